The average molecular weight is 236 g/mol. The lowest BCUT2D eigenvalue weighted by atomic mass is 10.0. The first kappa shape index (κ1) is 11.7. The Morgan fingerprint density at radius 2 is 1.39 bits per heavy atom. The second kappa shape index (κ2) is 5.51. The Morgan fingerprint density at radius 3 is 2.06 bits per heavy atom. The summed E-state index contributed by atoms with van der Waals surface area (Å²) in [6.45, 7) is 0. The fourth-order valence-electron chi connectivity index (χ4n) is 1.62. The van der Waals surface area contributed by atoms with Crippen molar-refractivity contribution in [2.75, 3.05) is 0 Å². The van der Waals surface area contributed by atoms with Crippen molar-refractivity contribution in [1.29, 1.82) is 0 Å². The molecule has 4 nitrogen and oxygen atoms in total. The lowest BCUT2D eigenvalue weighted by Gasteiger charge is -2.03. The molecule has 2 rings (SSSR count). The lowest BCUT2D eigenvalue weighted by molar-refractivity contribution is 0.564. The molecular formula is C14H8N2O2. The number of aliphatic imine (C=N–C) groups is 2. The maximum absolute atomic E-state index is 10.3. The number of benzene rings is 2. The minimum absolute atomic E-state index is 0.299. The Kier molecular flexibility index (Phi) is 3.57. The molecule has 0 saturated heterocycles. The molecule has 2 aromatic carbocycles. The van der Waals surface area contributed by atoms with Crippen LogP contribution in [0.4, 0.5) is 11.4 Å². The van der Waals surface area contributed by atoms with Crippen LogP contribution in [0.2, 0.25) is 0 Å². The lowest BCUT2D eigenvalue weighted by Crippen LogP contribution is -1.77. The zero-order valence-corrected chi connectivity index (χ0v) is 9.33. The van der Waals surface area contributed by atoms with Crippen LogP contribution in [0.1, 0.15) is 0 Å². The summed E-state index contributed by atoms with van der Waals surface area (Å²) in [6.07, 6.45) is 2.87. The maximum atomic E-state index is 10.3. The first-order chi connectivity index (χ1) is 8.85. The average Bonchev–Trinajstić information content (AvgIpc) is 2.42. The molecule has 18 heavy (non-hydrogen) atoms. The molecule has 0 saturated carbocycles. The van der Waals surface area contributed by atoms with Gasteiger partial charge in [-0.05, 0) is 23.3 Å². The monoisotopic (exact) mass is 236 g/mol. The van der Waals surface area contributed by atoms with Gasteiger partial charge in [0, 0.05) is 0 Å². The molecule has 0 aromatic heterocycles. The Bertz CT molecular complexity index is 653. The first-order valence-electron chi connectivity index (χ1n) is 5.20. The van der Waals surface area contributed by atoms with E-state index < -0.39 is 0 Å². The minimum atomic E-state index is 0.299. The Morgan fingerprint density at radius 1 is 0.722 bits per heavy atom. The summed E-state index contributed by atoms with van der Waals surface area (Å²) in [5, 5.41) is 0. The van der Waals surface area contributed by atoms with Crippen molar-refractivity contribution in [3.8, 4) is 11.1 Å². The van der Waals surface area contributed by atoms with E-state index >= 15 is 0 Å². The Balaban J connectivity index is 2.56. The Labute approximate surface area is 103 Å². The number of hydrogen-bond acceptors (Lipinski definition) is 4. The summed E-state index contributed by atoms with van der Waals surface area (Å²) in [6, 6.07) is 14.7. The van der Waals surface area contributed by atoms with Crippen molar-refractivity contribution >= 4 is 23.5 Å². The molecule has 0 heterocycles. The molecule has 2 aromatic rings. The number of carbonyl (C=O) groups excluding carboxylic acids is 2. The van der Waals surface area contributed by atoms with E-state index in [0.29, 0.717) is 11.4 Å². The number of rotatable bonds is 3. The second-order valence-corrected chi connectivity index (χ2v) is 3.48. The van der Waals surface area contributed by atoms with E-state index in [4.69, 9.17) is 0 Å². The third-order valence-electron chi connectivity index (χ3n) is 2.41. The van der Waals surface area contributed by atoms with Gasteiger partial charge < -0.3 is 0 Å². The first-order valence-corrected chi connectivity index (χ1v) is 5.20. The van der Waals surface area contributed by atoms with Gasteiger partial charge in [-0.15, -0.1) is 0 Å². The summed E-state index contributed by atoms with van der Waals surface area (Å²) >= 11 is 0. The van der Waals surface area contributed by atoms with Gasteiger partial charge in [-0.2, -0.15) is 9.98 Å². The van der Waals surface area contributed by atoms with Crippen molar-refractivity contribution in [2.45, 2.75) is 0 Å². The van der Waals surface area contributed by atoms with Crippen LogP contribution in [0.3, 0.4) is 0 Å². The van der Waals surface area contributed by atoms with Crippen molar-refractivity contribution in [3.63, 3.8) is 0 Å². The highest BCUT2D eigenvalue weighted by Crippen LogP contribution is 2.32. The van der Waals surface area contributed by atoms with E-state index in [1.807, 2.05) is 30.3 Å². The number of hydrogen-bond donors (Lipinski definition) is 0. The summed E-state index contributed by atoms with van der Waals surface area (Å²) in [7, 11) is 0. The molecule has 0 atom stereocenters. The SMILES string of the molecule is O=C=Nc1ccc(-c2ccccc2)cc1N=C=O. The van der Waals surface area contributed by atoms with Crippen molar-refractivity contribution < 1.29 is 9.59 Å². The second-order valence-electron chi connectivity index (χ2n) is 3.48. The van der Waals surface area contributed by atoms with Gasteiger partial charge in [0.15, 0.2) is 0 Å². The fraction of sp³-hybridized carbons (Fsp3) is 0. The van der Waals surface area contributed by atoms with Gasteiger partial charge >= 0.3 is 0 Å². The molecule has 86 valence electrons. The minimum Gasteiger partial charge on any atom is -0.211 e. The largest absolute Gasteiger partial charge is 0.240 e. The molecule has 0 radical (unpaired) electrons. The predicted octanol–water partition coefficient (Wildman–Crippen LogP) is 3.29. The molecule has 0 N–H and O–H groups in total. The van der Waals surface area contributed by atoms with Gasteiger partial charge in [0.05, 0.1) is 0 Å². The van der Waals surface area contributed by atoms with Gasteiger partial charge in [0.1, 0.15) is 11.4 Å². The van der Waals surface area contributed by atoms with Crippen molar-refractivity contribution in [1.82, 2.24) is 0 Å². The van der Waals surface area contributed by atoms with Gasteiger partial charge in [-0.1, -0.05) is 36.4 Å². The fourth-order valence-corrected chi connectivity index (χ4v) is 1.62. The quantitative estimate of drug-likeness (QED) is 0.606. The van der Waals surface area contributed by atoms with Crippen LogP contribution in [0.5, 0.6) is 0 Å². The van der Waals surface area contributed by atoms with Gasteiger partial charge in [0.2, 0.25) is 12.2 Å². The predicted molar refractivity (Wildman–Crippen MR) is 67.4 cm³/mol. The van der Waals surface area contributed by atoms with E-state index in [-0.39, 0.29) is 0 Å². The van der Waals surface area contributed by atoms with Crippen LogP contribution in [-0.2, 0) is 9.59 Å². The molecule has 4 heteroatoms. The molecule has 0 fully saturated rings. The van der Waals surface area contributed by atoms with Gasteiger partial charge in [-0.3, -0.25) is 0 Å². The maximum Gasteiger partial charge on any atom is 0.240 e. The molecule has 0 aliphatic rings. The van der Waals surface area contributed by atoms with Gasteiger partial charge in [0.25, 0.3) is 0 Å². The third-order valence-corrected chi connectivity index (χ3v) is 2.41. The summed E-state index contributed by atoms with van der Waals surface area (Å²) in [5.74, 6) is 0. The van der Waals surface area contributed by atoms with Crippen LogP contribution in [0.25, 0.3) is 11.1 Å². The van der Waals surface area contributed by atoms with E-state index in [1.54, 1.807) is 18.2 Å². The standard InChI is InChI=1S/C14H8N2O2/c17-9-15-13-7-6-12(8-14(13)16-10-18)11-4-2-1-3-5-11/h1-8H. The zero-order valence-electron chi connectivity index (χ0n) is 9.33. The summed E-state index contributed by atoms with van der Waals surface area (Å²) < 4.78 is 0. The van der Waals surface area contributed by atoms with E-state index in [9.17, 15) is 9.59 Å². The summed E-state index contributed by atoms with van der Waals surface area (Å²) in [4.78, 5) is 27.6. The van der Waals surface area contributed by atoms with E-state index in [1.165, 1.54) is 12.2 Å². The molecular weight excluding hydrogens is 228 g/mol. The number of nitrogens with zero attached hydrogens (tertiary/aromatic N) is 2. The normalized spacial score (nSPS) is 9.11. The van der Waals surface area contributed by atoms with Gasteiger partial charge in [-0.25, -0.2) is 9.59 Å². The molecule has 0 amide bonds. The molecule has 0 spiro atoms. The molecule has 0 bridgehead atoms. The Hall–Kier alpha value is -2.80. The highest BCUT2D eigenvalue weighted by molar-refractivity contribution is 5.76. The van der Waals surface area contributed by atoms with Crippen LogP contribution < -0.4 is 0 Å². The van der Waals surface area contributed by atoms with Crippen LogP contribution in [-0.4, -0.2) is 12.2 Å². The zero-order chi connectivity index (χ0) is 12.8. The third kappa shape index (κ3) is 2.47. The van der Waals surface area contributed by atoms with Crippen molar-refractivity contribution in [3.05, 3.63) is 48.5 Å². The topological polar surface area (TPSA) is 58.9 Å². The number of isocyanates is 2. The van der Waals surface area contributed by atoms with Crippen LogP contribution >= 0.6 is 0 Å². The van der Waals surface area contributed by atoms with E-state index in [2.05, 4.69) is 9.98 Å². The van der Waals surface area contributed by atoms with Crippen molar-refractivity contribution in [2.24, 2.45) is 9.98 Å². The summed E-state index contributed by atoms with van der Waals surface area (Å²) in [5.41, 5.74) is 2.47. The van der Waals surface area contributed by atoms with Crippen LogP contribution in [0.15, 0.2) is 58.5 Å². The molecule has 0 unspecified atom stereocenters. The molecule has 0 aliphatic heterocycles. The highest BCUT2D eigenvalue weighted by Gasteiger charge is 2.04. The molecule has 0 aliphatic carbocycles. The smallest absolute Gasteiger partial charge is 0.211 e. The van der Waals surface area contributed by atoms with E-state index in [0.717, 1.165) is 11.1 Å². The van der Waals surface area contributed by atoms with Crippen LogP contribution in [0, 0.1) is 0 Å². The highest BCUT2D eigenvalue weighted by atomic mass is 16.1.